The number of halogens is 4. The lowest BCUT2D eigenvalue weighted by molar-refractivity contribution is -0.137. The third-order valence-corrected chi connectivity index (χ3v) is 5.61. The molecule has 10 heteroatoms. The third kappa shape index (κ3) is 2.62. The van der Waals surface area contributed by atoms with Crippen LogP contribution in [0, 0.1) is 0 Å². The Morgan fingerprint density at radius 2 is 1.96 bits per heavy atom. The highest BCUT2D eigenvalue weighted by Crippen LogP contribution is 2.37. The predicted octanol–water partition coefficient (Wildman–Crippen LogP) is 5.16. The largest absolute Gasteiger partial charge is 0.417 e. The Morgan fingerprint density at radius 1 is 1.17 bits per heavy atom. The first-order valence-corrected chi connectivity index (χ1v) is 8.58. The molecule has 3 heterocycles. The van der Waals surface area contributed by atoms with Crippen molar-refractivity contribution in [1.29, 1.82) is 0 Å². The zero-order valence-electron chi connectivity index (χ0n) is 11.6. The van der Waals surface area contributed by atoms with E-state index in [1.54, 1.807) is 0 Å². The van der Waals surface area contributed by atoms with Gasteiger partial charge in [-0.15, -0.1) is 10.2 Å². The molecule has 0 aliphatic rings. The van der Waals surface area contributed by atoms with E-state index in [2.05, 4.69) is 15.2 Å². The van der Waals surface area contributed by atoms with E-state index in [0.29, 0.717) is 10.1 Å². The van der Waals surface area contributed by atoms with Crippen LogP contribution in [0.4, 0.5) is 13.2 Å². The Bertz CT molecular complexity index is 1060. The first-order chi connectivity index (χ1) is 11.4. The summed E-state index contributed by atoms with van der Waals surface area (Å²) in [5.41, 5.74) is 0.0391. The van der Waals surface area contributed by atoms with Crippen LogP contribution in [0.1, 0.15) is 5.56 Å². The summed E-state index contributed by atoms with van der Waals surface area (Å²) < 4.78 is 40.9. The quantitative estimate of drug-likeness (QED) is 0.477. The van der Waals surface area contributed by atoms with Crippen molar-refractivity contribution in [3.8, 4) is 0 Å². The van der Waals surface area contributed by atoms with E-state index in [0.717, 1.165) is 34.2 Å². The van der Waals surface area contributed by atoms with Crippen molar-refractivity contribution in [1.82, 2.24) is 19.6 Å². The van der Waals surface area contributed by atoms with Crippen molar-refractivity contribution in [2.24, 2.45) is 0 Å². The fourth-order valence-electron chi connectivity index (χ4n) is 2.16. The van der Waals surface area contributed by atoms with Crippen molar-refractivity contribution < 1.29 is 13.2 Å². The topological polar surface area (TPSA) is 43.1 Å². The summed E-state index contributed by atoms with van der Waals surface area (Å²) in [6, 6.07) is 8.57. The molecule has 0 spiro atoms. The van der Waals surface area contributed by atoms with Gasteiger partial charge >= 0.3 is 6.18 Å². The minimum absolute atomic E-state index is 0.0777. The van der Waals surface area contributed by atoms with E-state index < -0.39 is 11.7 Å². The lowest BCUT2D eigenvalue weighted by Crippen LogP contribution is -2.05. The van der Waals surface area contributed by atoms with E-state index in [-0.39, 0.29) is 10.0 Å². The molecule has 3 aromatic heterocycles. The zero-order chi connectivity index (χ0) is 16.9. The number of aromatic nitrogens is 4. The van der Waals surface area contributed by atoms with Gasteiger partial charge in [0.1, 0.15) is 5.03 Å². The Morgan fingerprint density at radius 3 is 2.71 bits per heavy atom. The van der Waals surface area contributed by atoms with Crippen LogP contribution in [0.2, 0.25) is 5.02 Å². The molecule has 0 radical (unpaired) electrons. The predicted molar refractivity (Wildman–Crippen MR) is 86.7 cm³/mol. The van der Waals surface area contributed by atoms with E-state index in [1.165, 1.54) is 11.3 Å². The molecular formula is C14H6ClF3N4S2. The smallest absolute Gasteiger partial charge is 0.260 e. The molecule has 0 saturated heterocycles. The van der Waals surface area contributed by atoms with Crippen LogP contribution < -0.4 is 0 Å². The molecule has 0 saturated carbocycles. The van der Waals surface area contributed by atoms with Crippen LogP contribution in [0.3, 0.4) is 0 Å². The number of hydrogen-bond acceptors (Lipinski definition) is 5. The average Bonchev–Trinajstić information content (AvgIpc) is 3.08. The number of hydrogen-bond donors (Lipinski definition) is 0. The highest BCUT2D eigenvalue weighted by molar-refractivity contribution is 7.99. The molecule has 4 aromatic rings. The van der Waals surface area contributed by atoms with Gasteiger partial charge in [-0.2, -0.15) is 13.2 Å². The van der Waals surface area contributed by atoms with Gasteiger partial charge < -0.3 is 0 Å². The number of pyridine rings is 1. The summed E-state index contributed by atoms with van der Waals surface area (Å²) in [6.45, 7) is 0. The Kier molecular flexibility index (Phi) is 3.66. The number of benzene rings is 1. The van der Waals surface area contributed by atoms with Gasteiger partial charge in [-0.05, 0) is 30.0 Å². The van der Waals surface area contributed by atoms with Gasteiger partial charge in [-0.3, -0.25) is 4.40 Å². The lowest BCUT2D eigenvalue weighted by atomic mass is 10.3. The highest BCUT2D eigenvalue weighted by Gasteiger charge is 2.31. The van der Waals surface area contributed by atoms with Gasteiger partial charge in [0.25, 0.3) is 0 Å². The van der Waals surface area contributed by atoms with Gasteiger partial charge in [0.2, 0.25) is 10.1 Å². The van der Waals surface area contributed by atoms with E-state index in [1.807, 2.05) is 28.7 Å². The van der Waals surface area contributed by atoms with Gasteiger partial charge in [-0.25, -0.2) is 4.98 Å². The standard InChI is InChI=1S/C14H6ClF3N4S2/c15-8-5-7(14(16,17)18)6-19-11(8)24-13-21-20-12-22(13)9-3-1-2-4-10(9)23-12/h1-6H. The summed E-state index contributed by atoms with van der Waals surface area (Å²) in [7, 11) is 0. The van der Waals surface area contributed by atoms with Crippen molar-refractivity contribution in [3.05, 3.63) is 47.1 Å². The summed E-state index contributed by atoms with van der Waals surface area (Å²) in [6.07, 6.45) is -3.72. The zero-order valence-corrected chi connectivity index (χ0v) is 14.0. The molecule has 122 valence electrons. The molecule has 24 heavy (non-hydrogen) atoms. The minimum Gasteiger partial charge on any atom is -0.260 e. The molecule has 0 aliphatic heterocycles. The highest BCUT2D eigenvalue weighted by atomic mass is 35.5. The fourth-order valence-corrected chi connectivity index (χ4v) is 4.26. The van der Waals surface area contributed by atoms with Crippen molar-refractivity contribution in [2.75, 3.05) is 0 Å². The molecule has 0 bridgehead atoms. The molecule has 4 rings (SSSR count). The van der Waals surface area contributed by atoms with Crippen LogP contribution in [0.25, 0.3) is 15.2 Å². The molecule has 0 unspecified atom stereocenters. The molecule has 0 amide bonds. The normalized spacial score (nSPS) is 12.3. The van der Waals surface area contributed by atoms with Gasteiger partial charge in [0.15, 0.2) is 0 Å². The fraction of sp³-hybridized carbons (Fsp3) is 0.0714. The first-order valence-electron chi connectivity index (χ1n) is 6.57. The molecule has 0 fully saturated rings. The monoisotopic (exact) mass is 386 g/mol. The second kappa shape index (κ2) is 5.61. The second-order valence-electron chi connectivity index (χ2n) is 4.78. The van der Waals surface area contributed by atoms with Crippen LogP contribution >= 0.6 is 34.7 Å². The van der Waals surface area contributed by atoms with Crippen molar-refractivity contribution in [2.45, 2.75) is 16.4 Å². The van der Waals surface area contributed by atoms with Crippen LogP contribution in [0.15, 0.2) is 46.7 Å². The first kappa shape index (κ1) is 15.7. The molecular weight excluding hydrogens is 381 g/mol. The average molecular weight is 387 g/mol. The molecule has 4 nitrogen and oxygen atoms in total. The molecule has 0 N–H and O–H groups in total. The second-order valence-corrected chi connectivity index (χ2v) is 7.15. The van der Waals surface area contributed by atoms with Crippen molar-refractivity contribution >= 4 is 49.9 Å². The molecule has 1 aromatic carbocycles. The van der Waals surface area contributed by atoms with Gasteiger partial charge in [0, 0.05) is 6.20 Å². The van der Waals surface area contributed by atoms with E-state index >= 15 is 0 Å². The van der Waals surface area contributed by atoms with Crippen LogP contribution in [-0.2, 0) is 6.18 Å². The van der Waals surface area contributed by atoms with Gasteiger partial charge in [-0.1, -0.05) is 35.1 Å². The summed E-state index contributed by atoms with van der Waals surface area (Å²) in [5, 5.41) is 8.84. The number of nitrogens with zero attached hydrogens (tertiary/aromatic N) is 4. The Balaban J connectivity index is 1.77. The van der Waals surface area contributed by atoms with Crippen LogP contribution in [-0.4, -0.2) is 19.6 Å². The molecule has 0 atom stereocenters. The molecule has 0 aliphatic carbocycles. The number of thiazole rings is 1. The summed E-state index contributed by atoms with van der Waals surface area (Å²) in [5.74, 6) is 0. The summed E-state index contributed by atoms with van der Waals surface area (Å²) >= 11 is 8.51. The van der Waals surface area contributed by atoms with Crippen LogP contribution in [0.5, 0.6) is 0 Å². The number of alkyl halides is 3. The van der Waals surface area contributed by atoms with E-state index in [4.69, 9.17) is 11.6 Å². The maximum Gasteiger partial charge on any atom is 0.417 e. The number of fused-ring (bicyclic) bond motifs is 3. The lowest BCUT2D eigenvalue weighted by Gasteiger charge is -2.08. The maximum atomic E-state index is 12.7. The maximum absolute atomic E-state index is 12.7. The SMILES string of the molecule is FC(F)(F)c1cnc(Sc2nnc3sc4ccccc4n23)c(Cl)c1. The summed E-state index contributed by atoms with van der Waals surface area (Å²) in [4.78, 5) is 4.52. The Labute approximate surface area is 146 Å². The number of rotatable bonds is 2. The number of para-hydroxylation sites is 1. The van der Waals surface area contributed by atoms with Crippen molar-refractivity contribution in [3.63, 3.8) is 0 Å². The minimum atomic E-state index is -4.48. The Hall–Kier alpha value is -1.84. The van der Waals surface area contributed by atoms with E-state index in [9.17, 15) is 13.2 Å². The van der Waals surface area contributed by atoms with Gasteiger partial charge in [0.05, 0.1) is 20.8 Å². The third-order valence-electron chi connectivity index (χ3n) is 3.23.